The summed E-state index contributed by atoms with van der Waals surface area (Å²) in [5, 5.41) is 22.4. The van der Waals surface area contributed by atoms with Crippen LogP contribution in [0.25, 0.3) is 0 Å². The third kappa shape index (κ3) is 4.02. The molecule has 0 radical (unpaired) electrons. The van der Waals surface area contributed by atoms with Crippen LogP contribution < -0.4 is 15.0 Å². The zero-order valence-electron chi connectivity index (χ0n) is 13.4. The number of ether oxygens (including phenoxy) is 1. The number of amides is 2. The van der Waals surface area contributed by atoms with Crippen molar-refractivity contribution in [3.05, 3.63) is 52.6 Å². The van der Waals surface area contributed by atoms with Gasteiger partial charge in [-0.1, -0.05) is 0 Å². The number of likely N-dealkylation sites (N-methyl/N-ethyl adjacent to an activating group) is 1. The molecule has 0 saturated heterocycles. The highest BCUT2D eigenvalue weighted by atomic mass is 16.6. The van der Waals surface area contributed by atoms with E-state index < -0.39 is 16.7 Å². The van der Waals surface area contributed by atoms with Crippen LogP contribution in [0, 0.1) is 10.1 Å². The van der Waals surface area contributed by atoms with Gasteiger partial charge in [0, 0.05) is 24.9 Å². The lowest BCUT2D eigenvalue weighted by Gasteiger charge is -2.17. The molecular weight excluding hydrogens is 330 g/mol. The molecule has 0 heterocycles. The van der Waals surface area contributed by atoms with E-state index in [1.54, 1.807) is 0 Å². The number of rotatable bonds is 4. The van der Waals surface area contributed by atoms with Gasteiger partial charge in [0.1, 0.15) is 11.5 Å². The van der Waals surface area contributed by atoms with Crippen molar-refractivity contribution in [1.29, 1.82) is 0 Å². The highest BCUT2D eigenvalue weighted by Crippen LogP contribution is 2.29. The summed E-state index contributed by atoms with van der Waals surface area (Å²) in [6, 6.07) is 9.33. The molecular formula is C16H15N3O6. The molecule has 2 aromatic carbocycles. The van der Waals surface area contributed by atoms with Crippen molar-refractivity contribution in [1.82, 2.24) is 0 Å². The Bertz CT molecular complexity index is 819. The lowest BCUT2D eigenvalue weighted by molar-refractivity contribution is -0.384. The van der Waals surface area contributed by atoms with Gasteiger partial charge in [0.05, 0.1) is 17.7 Å². The number of nitro groups is 1. The second kappa shape index (κ2) is 7.30. The van der Waals surface area contributed by atoms with Crippen LogP contribution in [0.1, 0.15) is 0 Å². The normalized spacial score (nSPS) is 10.0. The number of phenolic OH excluding ortho intramolecular Hbond substituents is 1. The molecule has 0 aliphatic heterocycles. The van der Waals surface area contributed by atoms with E-state index in [2.05, 4.69) is 5.32 Å². The predicted molar refractivity (Wildman–Crippen MR) is 89.8 cm³/mol. The van der Waals surface area contributed by atoms with E-state index in [4.69, 9.17) is 4.74 Å². The van der Waals surface area contributed by atoms with Gasteiger partial charge in [-0.25, -0.2) is 0 Å². The lowest BCUT2D eigenvalue weighted by Crippen LogP contribution is -2.37. The molecule has 0 fully saturated rings. The zero-order valence-corrected chi connectivity index (χ0v) is 13.4. The maximum atomic E-state index is 12.2. The van der Waals surface area contributed by atoms with Crippen molar-refractivity contribution in [2.75, 3.05) is 24.4 Å². The molecule has 2 aromatic rings. The number of carbonyl (C=O) groups is 2. The second-order valence-corrected chi connectivity index (χ2v) is 4.98. The number of hydrogen-bond acceptors (Lipinski definition) is 6. The minimum absolute atomic E-state index is 0.00848. The van der Waals surface area contributed by atoms with Crippen LogP contribution in [0.4, 0.5) is 17.1 Å². The number of nitrogens with zero attached hydrogens (tertiary/aromatic N) is 2. The van der Waals surface area contributed by atoms with E-state index in [1.807, 2.05) is 0 Å². The molecule has 0 bridgehead atoms. The van der Waals surface area contributed by atoms with Gasteiger partial charge >= 0.3 is 11.8 Å². The molecule has 2 amide bonds. The summed E-state index contributed by atoms with van der Waals surface area (Å²) in [5.74, 6) is -1.68. The Morgan fingerprint density at radius 1 is 1.20 bits per heavy atom. The van der Waals surface area contributed by atoms with Crippen LogP contribution in [0.2, 0.25) is 0 Å². The van der Waals surface area contributed by atoms with Gasteiger partial charge in [0.25, 0.3) is 5.69 Å². The van der Waals surface area contributed by atoms with E-state index in [9.17, 15) is 24.8 Å². The van der Waals surface area contributed by atoms with Crippen LogP contribution in [0.5, 0.6) is 11.5 Å². The average molecular weight is 345 g/mol. The summed E-state index contributed by atoms with van der Waals surface area (Å²) in [4.78, 5) is 35.7. The van der Waals surface area contributed by atoms with Gasteiger partial charge in [0.15, 0.2) is 0 Å². The lowest BCUT2D eigenvalue weighted by atomic mass is 10.2. The fourth-order valence-corrected chi connectivity index (χ4v) is 2.03. The van der Waals surface area contributed by atoms with Gasteiger partial charge in [-0.15, -0.1) is 0 Å². The number of non-ortho nitro benzene ring substituents is 1. The minimum atomic E-state index is -0.991. The first kappa shape index (κ1) is 17.7. The number of aromatic hydroxyl groups is 1. The van der Waals surface area contributed by atoms with Crippen molar-refractivity contribution < 1.29 is 24.4 Å². The summed E-state index contributed by atoms with van der Waals surface area (Å²) in [7, 11) is 2.72. The number of benzene rings is 2. The highest BCUT2D eigenvalue weighted by Gasteiger charge is 2.22. The largest absolute Gasteiger partial charge is 0.508 e. The minimum Gasteiger partial charge on any atom is -0.508 e. The van der Waals surface area contributed by atoms with Gasteiger partial charge in [-0.2, -0.15) is 0 Å². The summed E-state index contributed by atoms with van der Waals surface area (Å²) in [5.41, 5.74) is 0.147. The fourth-order valence-electron chi connectivity index (χ4n) is 2.03. The monoisotopic (exact) mass is 345 g/mol. The third-order valence-corrected chi connectivity index (χ3v) is 3.38. The van der Waals surface area contributed by atoms with Crippen LogP contribution in [-0.2, 0) is 9.59 Å². The Balaban J connectivity index is 2.20. The Hall–Kier alpha value is -3.62. The Morgan fingerprint density at radius 2 is 1.84 bits per heavy atom. The van der Waals surface area contributed by atoms with Gasteiger partial charge < -0.3 is 20.1 Å². The molecule has 0 aliphatic carbocycles. The van der Waals surface area contributed by atoms with Gasteiger partial charge in [-0.05, 0) is 30.3 Å². The number of nitrogens with one attached hydrogen (secondary N) is 1. The third-order valence-electron chi connectivity index (χ3n) is 3.38. The van der Waals surface area contributed by atoms with Crippen LogP contribution in [0.15, 0.2) is 42.5 Å². The molecule has 0 unspecified atom stereocenters. The van der Waals surface area contributed by atoms with Gasteiger partial charge in [-0.3, -0.25) is 19.7 Å². The second-order valence-electron chi connectivity index (χ2n) is 4.98. The number of phenols is 1. The Kier molecular flexibility index (Phi) is 5.18. The first-order chi connectivity index (χ1) is 11.8. The van der Waals surface area contributed by atoms with E-state index >= 15 is 0 Å². The summed E-state index contributed by atoms with van der Waals surface area (Å²) in [6.07, 6.45) is 0. The molecule has 0 atom stereocenters. The standard InChI is InChI=1S/C16H15N3O6/c1-18(10-3-6-12(20)7-4-10)16(22)15(21)17-13-9-11(19(23)24)5-8-14(13)25-2/h3-9,20H,1-2H3,(H,17,21). The maximum Gasteiger partial charge on any atom is 0.316 e. The van der Waals surface area contributed by atoms with Crippen molar-refractivity contribution in [2.45, 2.75) is 0 Å². The topological polar surface area (TPSA) is 122 Å². The quantitative estimate of drug-likeness (QED) is 0.496. The first-order valence-corrected chi connectivity index (χ1v) is 7.04. The van der Waals surface area contributed by atoms with Crippen molar-refractivity contribution in [3.8, 4) is 11.5 Å². The molecule has 2 N–H and O–H groups in total. The fraction of sp³-hybridized carbons (Fsp3) is 0.125. The Morgan fingerprint density at radius 3 is 2.40 bits per heavy atom. The van der Waals surface area contributed by atoms with Crippen LogP contribution in [0.3, 0.4) is 0 Å². The zero-order chi connectivity index (χ0) is 18.6. The molecule has 0 aromatic heterocycles. The summed E-state index contributed by atoms with van der Waals surface area (Å²) >= 11 is 0. The smallest absolute Gasteiger partial charge is 0.316 e. The number of hydrogen-bond donors (Lipinski definition) is 2. The van der Waals surface area contributed by atoms with E-state index in [0.29, 0.717) is 5.69 Å². The average Bonchev–Trinajstić information content (AvgIpc) is 2.60. The SMILES string of the molecule is COc1ccc([N+](=O)[O-])cc1NC(=O)C(=O)N(C)c1ccc(O)cc1. The molecule has 2 rings (SSSR count). The van der Waals surface area contributed by atoms with E-state index in [0.717, 1.165) is 11.0 Å². The molecule has 9 heteroatoms. The number of methoxy groups -OCH3 is 1. The van der Waals surface area contributed by atoms with Crippen LogP contribution >= 0.6 is 0 Å². The highest BCUT2D eigenvalue weighted by molar-refractivity contribution is 6.44. The number of carbonyl (C=O) groups excluding carboxylic acids is 2. The van der Waals surface area contributed by atoms with Gasteiger partial charge in [0.2, 0.25) is 0 Å². The maximum absolute atomic E-state index is 12.2. The van der Waals surface area contributed by atoms with Crippen LogP contribution in [-0.4, -0.2) is 36.0 Å². The number of nitro benzene ring substituents is 1. The molecule has 25 heavy (non-hydrogen) atoms. The molecule has 0 aliphatic rings. The van der Waals surface area contributed by atoms with E-state index in [1.165, 1.54) is 50.6 Å². The Labute approximate surface area is 142 Å². The summed E-state index contributed by atoms with van der Waals surface area (Å²) in [6.45, 7) is 0. The van der Waals surface area contributed by atoms with Crippen molar-refractivity contribution in [3.63, 3.8) is 0 Å². The van der Waals surface area contributed by atoms with E-state index in [-0.39, 0.29) is 22.9 Å². The first-order valence-electron chi connectivity index (χ1n) is 7.04. The van der Waals surface area contributed by atoms with Crippen molar-refractivity contribution >= 4 is 28.9 Å². The molecule has 0 saturated carbocycles. The molecule has 130 valence electrons. The van der Waals surface area contributed by atoms with Crippen molar-refractivity contribution in [2.24, 2.45) is 0 Å². The predicted octanol–water partition coefficient (Wildman–Crippen LogP) is 1.91. The summed E-state index contributed by atoms with van der Waals surface area (Å²) < 4.78 is 5.03. The molecule has 9 nitrogen and oxygen atoms in total. The molecule has 0 spiro atoms. The number of anilines is 2.